The Hall–Kier alpha value is -8.40. The van der Waals surface area contributed by atoms with Crippen LogP contribution >= 0.6 is 0 Å². The van der Waals surface area contributed by atoms with Gasteiger partial charge in [-0.2, -0.15) is 0 Å². The van der Waals surface area contributed by atoms with Gasteiger partial charge >= 0.3 is 0 Å². The molecule has 0 bridgehead atoms. The maximum Gasteiger partial charge on any atom is 0.243 e. The number of imidazole rings is 3. The van der Waals surface area contributed by atoms with Gasteiger partial charge in [-0.05, 0) is 146 Å². The molecule has 3 aromatic rings. The number of carbonyl (C=O) groups is 11. The van der Waals surface area contributed by atoms with Crippen molar-refractivity contribution in [3.8, 4) is 0 Å². The highest BCUT2D eigenvalue weighted by atomic mass is 16.2. The Bertz CT molecular complexity index is 2910. The van der Waals surface area contributed by atoms with E-state index in [1.54, 1.807) is 6.92 Å². The van der Waals surface area contributed by atoms with Crippen LogP contribution in [0.15, 0.2) is 37.6 Å². The molecule has 0 aliphatic carbocycles. The molecule has 99 heavy (non-hydrogen) atoms. The lowest BCUT2D eigenvalue weighted by atomic mass is 9.95. The Morgan fingerprint density at radius 1 is 0.364 bits per heavy atom. The van der Waals surface area contributed by atoms with Gasteiger partial charge in [-0.3, -0.25) is 52.7 Å². The van der Waals surface area contributed by atoms with Gasteiger partial charge in [0, 0.05) is 54.9 Å². The van der Waals surface area contributed by atoms with Crippen molar-refractivity contribution in [1.29, 1.82) is 0 Å². The number of hydrogen-bond donors (Lipinski definition) is 19. The second kappa shape index (κ2) is 46.0. The van der Waals surface area contributed by atoms with E-state index in [-0.39, 0.29) is 102 Å². The summed E-state index contributed by atoms with van der Waals surface area (Å²) >= 11 is 0. The summed E-state index contributed by atoms with van der Waals surface area (Å²) < 4.78 is 0. The van der Waals surface area contributed by atoms with Crippen LogP contribution in [0, 0.1) is 23.7 Å². The van der Waals surface area contributed by atoms with Crippen molar-refractivity contribution in [2.24, 2.45) is 58.1 Å². The van der Waals surface area contributed by atoms with Crippen molar-refractivity contribution in [2.75, 3.05) is 26.2 Å². The highest BCUT2D eigenvalue weighted by Gasteiger charge is 2.38. The molecule has 0 spiro atoms. The van der Waals surface area contributed by atoms with Crippen molar-refractivity contribution < 1.29 is 52.7 Å². The van der Waals surface area contributed by atoms with E-state index in [4.69, 9.17) is 34.4 Å². The van der Waals surface area contributed by atoms with Crippen molar-refractivity contribution in [3.63, 3.8) is 0 Å². The predicted octanol–water partition coefficient (Wildman–Crippen LogP) is -1.76. The maximum absolute atomic E-state index is 14.8. The molecule has 3 aromatic heterocycles. The molecule has 0 aliphatic heterocycles. The lowest BCUT2D eigenvalue weighted by Gasteiger charge is -2.30. The molecule has 12 atom stereocenters. The monoisotopic (exact) mass is 1390 g/mol. The van der Waals surface area contributed by atoms with Crippen LogP contribution in [-0.2, 0) is 72.0 Å². The average Bonchev–Trinajstić information content (AvgIpc) is 1.43. The summed E-state index contributed by atoms with van der Waals surface area (Å²) in [6.07, 6.45) is 13.2. The molecule has 11 amide bonds. The Morgan fingerprint density at radius 2 is 0.636 bits per heavy atom. The van der Waals surface area contributed by atoms with Crippen LogP contribution in [0.3, 0.4) is 0 Å². The van der Waals surface area contributed by atoms with Crippen LogP contribution in [0.1, 0.15) is 175 Å². The second-order valence-corrected chi connectivity index (χ2v) is 26.8. The fourth-order valence-electron chi connectivity index (χ4n) is 10.9. The lowest BCUT2D eigenvalue weighted by Crippen LogP contribution is -2.61. The molecule has 0 unspecified atom stereocenters. The lowest BCUT2D eigenvalue weighted by molar-refractivity contribution is -0.137. The third kappa shape index (κ3) is 32.0. The Balaban J connectivity index is 1.94. The van der Waals surface area contributed by atoms with E-state index in [1.165, 1.54) is 37.6 Å². The van der Waals surface area contributed by atoms with Gasteiger partial charge in [0.05, 0.1) is 25.0 Å². The molecule has 0 aromatic carbocycles. The topological polar surface area (TPSA) is 550 Å². The summed E-state index contributed by atoms with van der Waals surface area (Å²) in [5.74, 6) is -8.91. The van der Waals surface area contributed by atoms with Gasteiger partial charge in [0.1, 0.15) is 60.4 Å². The number of aromatic nitrogens is 6. The van der Waals surface area contributed by atoms with Crippen LogP contribution in [0.2, 0.25) is 0 Å². The van der Waals surface area contributed by atoms with Crippen molar-refractivity contribution in [3.05, 3.63) is 54.7 Å². The zero-order valence-electron chi connectivity index (χ0n) is 59.2. The predicted molar refractivity (Wildman–Crippen MR) is 373 cm³/mol. The summed E-state index contributed by atoms with van der Waals surface area (Å²) in [6.45, 7) is 15.7. The summed E-state index contributed by atoms with van der Waals surface area (Å²) in [7, 11) is 0. The number of hydrogen-bond acceptors (Lipinski definition) is 19. The first kappa shape index (κ1) is 84.8. The average molecular weight is 1390 g/mol. The van der Waals surface area contributed by atoms with Gasteiger partial charge < -0.3 is 103 Å². The first-order valence-corrected chi connectivity index (χ1v) is 35.0. The SMILES string of the molecule is CC[C@H](C)[C@H](NC(=O)[C@H](CCCCN)NC(=O)[C@H](CCCCN)NC(=O)[C@H](Cc1cnc[nH]1)NC(=O)[C@H](CC(C)C)NC(=O)[C@H](CCCCN)NC(=O)[C@@H](N)Cc1cnc[nH]1)C(=O)N[C@@H](CC(C)C)C(=O)N[C@@H](CCCCN)C(=O)N[C@@H](Cc1cnc[nH]1)C(=O)N[C@@H](CC(C)C)C(N)=O. The number of unbranched alkanes of at least 4 members (excludes halogenated alkanes) is 4. The van der Waals surface area contributed by atoms with Gasteiger partial charge in [0.25, 0.3) is 0 Å². The van der Waals surface area contributed by atoms with Crippen molar-refractivity contribution in [1.82, 2.24) is 83.1 Å². The minimum absolute atomic E-state index is 0.0177. The molecule has 0 fully saturated rings. The third-order valence-electron chi connectivity index (χ3n) is 16.7. The molecular formula is C66H116N22O11. The van der Waals surface area contributed by atoms with Crippen molar-refractivity contribution in [2.45, 2.75) is 244 Å². The number of H-pyrrole nitrogens is 3. The van der Waals surface area contributed by atoms with E-state index in [0.29, 0.717) is 81.4 Å². The number of primary amides is 1. The standard InChI is InChI=1S/C66H116N22O11/c1-9-41(8)55(66(99)87-52(28-40(6)7)62(95)81-48(20-12-16-24-69)60(93)85-54(31-44-34-75-37-78-44)65(98)83-50(56(72)89)26-38(2)3)88-61(94)49(21-13-17-25-70)80-58(91)47(19-11-15-23-68)82-64(97)53(30-43-33-74-36-77-43)86-63(96)51(27-39(4)5)84-59(92)46(18-10-14-22-67)79-57(90)45(71)29-42-32-73-35-76-42/h32-41,45-55H,9-31,67-71H2,1-8H3,(H2,72,89)(H,73,76)(H,74,77)(H,75,78)(H,79,90)(H,80,91)(H,81,95)(H,82,97)(H,83,98)(H,84,92)(H,85,93)(H,86,96)(H,87,99)(H,88,94)/t41-,45-,46-,47-,48-,49-,50-,51-,52-,53-,54-,55-/m0/s1. The van der Waals surface area contributed by atoms with E-state index >= 15 is 0 Å². The summed E-state index contributed by atoms with van der Waals surface area (Å²) in [6, 6.07) is -13.4. The molecule has 0 radical (unpaired) electrons. The number of carbonyl (C=O) groups excluding carboxylic acids is 11. The van der Waals surface area contributed by atoms with Crippen LogP contribution in [0.4, 0.5) is 0 Å². The Morgan fingerprint density at radius 3 is 0.949 bits per heavy atom. The highest BCUT2D eigenvalue weighted by molar-refractivity contribution is 5.99. The van der Waals surface area contributed by atoms with E-state index < -0.39 is 137 Å². The molecule has 33 nitrogen and oxygen atoms in total. The molecule has 25 N–H and O–H groups in total. The van der Waals surface area contributed by atoms with E-state index in [1.807, 2.05) is 48.5 Å². The van der Waals surface area contributed by atoms with Gasteiger partial charge in [0.15, 0.2) is 0 Å². The molecule has 3 rings (SSSR count). The molecule has 556 valence electrons. The zero-order valence-corrected chi connectivity index (χ0v) is 59.2. The molecule has 33 heteroatoms. The number of amides is 11. The number of rotatable bonds is 51. The Kier molecular flexibility index (Phi) is 39.4. The number of nitrogens with one attached hydrogen (secondary N) is 13. The van der Waals surface area contributed by atoms with Crippen molar-refractivity contribution >= 4 is 65.0 Å². The number of nitrogens with zero attached hydrogens (tertiary/aromatic N) is 3. The highest BCUT2D eigenvalue weighted by Crippen LogP contribution is 2.17. The summed E-state index contributed by atoms with van der Waals surface area (Å²) in [4.78, 5) is 177. The van der Waals surface area contributed by atoms with Gasteiger partial charge in [-0.25, -0.2) is 15.0 Å². The minimum Gasteiger partial charge on any atom is -0.368 e. The molecular weight excluding hydrogens is 1280 g/mol. The van der Waals surface area contributed by atoms with Crippen LogP contribution in [0.5, 0.6) is 0 Å². The third-order valence-corrected chi connectivity index (χ3v) is 16.7. The minimum atomic E-state index is -1.38. The first-order chi connectivity index (χ1) is 47.1. The quantitative estimate of drug-likeness (QED) is 0.0279. The largest absolute Gasteiger partial charge is 0.368 e. The number of aromatic amines is 3. The second-order valence-electron chi connectivity index (χ2n) is 26.8. The first-order valence-electron chi connectivity index (χ1n) is 35.0. The molecule has 0 aliphatic rings. The van der Waals surface area contributed by atoms with Crippen LogP contribution in [0.25, 0.3) is 0 Å². The fourth-order valence-corrected chi connectivity index (χ4v) is 10.9. The molecule has 0 saturated carbocycles. The molecule has 0 saturated heterocycles. The number of nitrogens with two attached hydrogens (primary N) is 6. The van der Waals surface area contributed by atoms with Crippen LogP contribution in [-0.4, -0.2) is 188 Å². The summed E-state index contributed by atoms with van der Waals surface area (Å²) in [5, 5.41) is 27.8. The van der Waals surface area contributed by atoms with Gasteiger partial charge in [-0.1, -0.05) is 61.8 Å². The fraction of sp³-hybridized carbons (Fsp3) is 0.697. The molecule has 3 heterocycles. The van der Waals surface area contributed by atoms with Gasteiger partial charge in [-0.15, -0.1) is 0 Å². The van der Waals surface area contributed by atoms with E-state index in [9.17, 15) is 52.7 Å². The summed E-state index contributed by atoms with van der Waals surface area (Å²) in [5.41, 5.74) is 36.8. The van der Waals surface area contributed by atoms with Crippen LogP contribution < -0.4 is 87.6 Å². The van der Waals surface area contributed by atoms with Gasteiger partial charge in [0.2, 0.25) is 65.0 Å². The van der Waals surface area contributed by atoms with E-state index in [0.717, 1.165) is 0 Å². The smallest absolute Gasteiger partial charge is 0.243 e. The normalized spacial score (nSPS) is 15.1. The zero-order chi connectivity index (χ0) is 73.6. The maximum atomic E-state index is 14.8. The van der Waals surface area contributed by atoms with E-state index in [2.05, 4.69) is 83.1 Å². The Labute approximate surface area is 581 Å².